The summed E-state index contributed by atoms with van der Waals surface area (Å²) in [7, 11) is 0. The number of benzene rings is 1. The van der Waals surface area contributed by atoms with Crippen molar-refractivity contribution in [2.45, 2.75) is 20.8 Å². The molecule has 106 valence electrons. The molecule has 0 saturated heterocycles. The van der Waals surface area contributed by atoms with Gasteiger partial charge < -0.3 is 14.8 Å². The lowest BCUT2D eigenvalue weighted by molar-refractivity contribution is 0.338. The SMILES string of the molecule is CCNc1nc(C)cc(Oc2cccc(OCC)c2)n1. The Labute approximate surface area is 119 Å². The van der Waals surface area contributed by atoms with Gasteiger partial charge >= 0.3 is 0 Å². The zero-order valence-corrected chi connectivity index (χ0v) is 12.0. The summed E-state index contributed by atoms with van der Waals surface area (Å²) in [6.45, 7) is 7.25. The maximum absolute atomic E-state index is 5.76. The molecule has 0 unspecified atom stereocenters. The minimum atomic E-state index is 0.516. The van der Waals surface area contributed by atoms with E-state index in [9.17, 15) is 0 Å². The number of nitrogens with one attached hydrogen (secondary N) is 1. The fourth-order valence-electron chi connectivity index (χ4n) is 1.74. The van der Waals surface area contributed by atoms with E-state index in [-0.39, 0.29) is 0 Å². The summed E-state index contributed by atoms with van der Waals surface area (Å²) in [5.74, 6) is 2.56. The second-order valence-electron chi connectivity index (χ2n) is 4.21. The fourth-order valence-corrected chi connectivity index (χ4v) is 1.74. The van der Waals surface area contributed by atoms with Gasteiger partial charge in [-0.05, 0) is 32.9 Å². The van der Waals surface area contributed by atoms with Gasteiger partial charge in [0.15, 0.2) is 0 Å². The van der Waals surface area contributed by atoms with Crippen molar-refractivity contribution in [3.05, 3.63) is 36.0 Å². The Morgan fingerprint density at radius 1 is 1.10 bits per heavy atom. The van der Waals surface area contributed by atoms with Crippen LogP contribution in [0, 0.1) is 6.92 Å². The number of aryl methyl sites for hydroxylation is 1. The van der Waals surface area contributed by atoms with Gasteiger partial charge in [-0.2, -0.15) is 4.98 Å². The maximum atomic E-state index is 5.76. The highest BCUT2D eigenvalue weighted by Gasteiger charge is 2.05. The third-order valence-electron chi connectivity index (χ3n) is 2.50. The van der Waals surface area contributed by atoms with E-state index in [4.69, 9.17) is 9.47 Å². The lowest BCUT2D eigenvalue weighted by Gasteiger charge is -2.09. The number of anilines is 1. The highest BCUT2D eigenvalue weighted by atomic mass is 16.5. The van der Waals surface area contributed by atoms with Crippen molar-refractivity contribution in [1.82, 2.24) is 9.97 Å². The van der Waals surface area contributed by atoms with Crippen LogP contribution in [0.5, 0.6) is 17.4 Å². The van der Waals surface area contributed by atoms with E-state index in [0.29, 0.717) is 24.2 Å². The maximum Gasteiger partial charge on any atom is 0.226 e. The highest BCUT2D eigenvalue weighted by Crippen LogP contribution is 2.25. The van der Waals surface area contributed by atoms with Crippen molar-refractivity contribution in [2.75, 3.05) is 18.5 Å². The number of nitrogens with zero attached hydrogens (tertiary/aromatic N) is 2. The Morgan fingerprint density at radius 3 is 2.65 bits per heavy atom. The summed E-state index contributed by atoms with van der Waals surface area (Å²) in [4.78, 5) is 8.59. The van der Waals surface area contributed by atoms with Crippen molar-refractivity contribution in [2.24, 2.45) is 0 Å². The van der Waals surface area contributed by atoms with Gasteiger partial charge in [-0.25, -0.2) is 4.98 Å². The molecule has 2 aromatic rings. The Hall–Kier alpha value is -2.30. The van der Waals surface area contributed by atoms with Gasteiger partial charge in [0.05, 0.1) is 6.61 Å². The first kappa shape index (κ1) is 14.1. The molecule has 2 rings (SSSR count). The molecule has 0 aliphatic heterocycles. The van der Waals surface area contributed by atoms with E-state index in [1.807, 2.05) is 45.0 Å². The van der Waals surface area contributed by atoms with Gasteiger partial charge in [-0.1, -0.05) is 6.07 Å². The molecular formula is C15H19N3O2. The topological polar surface area (TPSA) is 56.3 Å². The van der Waals surface area contributed by atoms with Crippen LogP contribution in [-0.2, 0) is 0 Å². The average molecular weight is 273 g/mol. The van der Waals surface area contributed by atoms with Crippen LogP contribution >= 0.6 is 0 Å². The molecule has 0 spiro atoms. The van der Waals surface area contributed by atoms with E-state index in [0.717, 1.165) is 18.0 Å². The average Bonchev–Trinajstić information content (AvgIpc) is 2.39. The van der Waals surface area contributed by atoms with Gasteiger partial charge in [0, 0.05) is 24.4 Å². The van der Waals surface area contributed by atoms with Gasteiger partial charge in [-0.15, -0.1) is 0 Å². The molecule has 0 aliphatic rings. The number of hydrogen-bond acceptors (Lipinski definition) is 5. The smallest absolute Gasteiger partial charge is 0.226 e. The van der Waals surface area contributed by atoms with E-state index in [1.165, 1.54) is 0 Å². The molecule has 1 aromatic carbocycles. The third kappa shape index (κ3) is 3.85. The second kappa shape index (κ2) is 6.75. The Balaban J connectivity index is 2.18. The summed E-state index contributed by atoms with van der Waals surface area (Å²) in [5, 5.41) is 3.08. The first-order chi connectivity index (χ1) is 9.71. The van der Waals surface area contributed by atoms with E-state index in [2.05, 4.69) is 15.3 Å². The van der Waals surface area contributed by atoms with Crippen LogP contribution in [-0.4, -0.2) is 23.1 Å². The predicted molar refractivity (Wildman–Crippen MR) is 78.6 cm³/mol. The minimum absolute atomic E-state index is 0.516. The molecular weight excluding hydrogens is 254 g/mol. The van der Waals surface area contributed by atoms with Gasteiger partial charge in [0.1, 0.15) is 11.5 Å². The molecule has 20 heavy (non-hydrogen) atoms. The molecule has 0 aliphatic carbocycles. The standard InChI is InChI=1S/C15H19N3O2/c1-4-16-15-17-11(3)9-14(18-15)20-13-8-6-7-12(10-13)19-5-2/h6-10H,4-5H2,1-3H3,(H,16,17,18). The normalized spacial score (nSPS) is 10.2. The van der Waals surface area contributed by atoms with Gasteiger partial charge in [-0.3, -0.25) is 0 Å². The van der Waals surface area contributed by atoms with Crippen LogP contribution in [0.2, 0.25) is 0 Å². The molecule has 1 aromatic heterocycles. The van der Waals surface area contributed by atoms with Crippen molar-refractivity contribution < 1.29 is 9.47 Å². The number of ether oxygens (including phenoxy) is 2. The number of hydrogen-bond donors (Lipinski definition) is 1. The van der Waals surface area contributed by atoms with Crippen LogP contribution in [0.15, 0.2) is 30.3 Å². The molecule has 0 atom stereocenters. The summed E-state index contributed by atoms with van der Waals surface area (Å²) < 4.78 is 11.2. The van der Waals surface area contributed by atoms with Crippen LogP contribution in [0.3, 0.4) is 0 Å². The van der Waals surface area contributed by atoms with Crippen molar-refractivity contribution in [1.29, 1.82) is 0 Å². The molecule has 0 bridgehead atoms. The van der Waals surface area contributed by atoms with Crippen molar-refractivity contribution in [3.8, 4) is 17.4 Å². The Morgan fingerprint density at radius 2 is 1.90 bits per heavy atom. The van der Waals surface area contributed by atoms with Gasteiger partial charge in [0.2, 0.25) is 11.8 Å². The zero-order valence-electron chi connectivity index (χ0n) is 12.0. The van der Waals surface area contributed by atoms with Crippen molar-refractivity contribution in [3.63, 3.8) is 0 Å². The third-order valence-corrected chi connectivity index (χ3v) is 2.50. The summed E-state index contributed by atoms with van der Waals surface area (Å²) in [6, 6.07) is 9.29. The second-order valence-corrected chi connectivity index (χ2v) is 4.21. The fraction of sp³-hybridized carbons (Fsp3) is 0.333. The first-order valence-electron chi connectivity index (χ1n) is 6.71. The lowest BCUT2D eigenvalue weighted by Crippen LogP contribution is -2.04. The molecule has 1 heterocycles. The lowest BCUT2D eigenvalue weighted by atomic mass is 10.3. The molecule has 0 saturated carbocycles. The number of rotatable bonds is 6. The monoisotopic (exact) mass is 273 g/mol. The largest absolute Gasteiger partial charge is 0.494 e. The number of aromatic nitrogens is 2. The minimum Gasteiger partial charge on any atom is -0.494 e. The van der Waals surface area contributed by atoms with Crippen LogP contribution in [0.25, 0.3) is 0 Å². The van der Waals surface area contributed by atoms with Crippen LogP contribution < -0.4 is 14.8 Å². The molecule has 0 radical (unpaired) electrons. The quantitative estimate of drug-likeness (QED) is 0.874. The van der Waals surface area contributed by atoms with Crippen LogP contribution in [0.1, 0.15) is 19.5 Å². The van der Waals surface area contributed by atoms with E-state index in [1.54, 1.807) is 6.07 Å². The summed E-state index contributed by atoms with van der Waals surface area (Å²) >= 11 is 0. The van der Waals surface area contributed by atoms with Gasteiger partial charge in [0.25, 0.3) is 0 Å². The molecule has 5 nitrogen and oxygen atoms in total. The summed E-state index contributed by atoms with van der Waals surface area (Å²) in [6.07, 6.45) is 0. The Bertz CT molecular complexity index is 573. The van der Waals surface area contributed by atoms with E-state index >= 15 is 0 Å². The Kier molecular flexibility index (Phi) is 4.76. The predicted octanol–water partition coefficient (Wildman–Crippen LogP) is 3.41. The summed E-state index contributed by atoms with van der Waals surface area (Å²) in [5.41, 5.74) is 0.854. The molecule has 5 heteroatoms. The van der Waals surface area contributed by atoms with E-state index < -0.39 is 0 Å². The highest BCUT2D eigenvalue weighted by molar-refractivity contribution is 5.37. The molecule has 0 fully saturated rings. The first-order valence-corrected chi connectivity index (χ1v) is 6.71. The molecule has 1 N–H and O–H groups in total. The van der Waals surface area contributed by atoms with Crippen molar-refractivity contribution >= 4 is 5.95 Å². The zero-order chi connectivity index (χ0) is 14.4. The molecule has 0 amide bonds. The van der Waals surface area contributed by atoms with Crippen LogP contribution in [0.4, 0.5) is 5.95 Å².